The molecule has 0 atom stereocenters. The van der Waals surface area contributed by atoms with Crippen LogP contribution in [0, 0.1) is 17.5 Å². The largest absolute Gasteiger partial charge is 0.506 e. The molecule has 1 amide bonds. The molecule has 0 heterocycles. The number of nitrogens with zero attached hydrogens (tertiary/aromatic N) is 2. The van der Waals surface area contributed by atoms with Gasteiger partial charge in [0, 0.05) is 18.8 Å². The van der Waals surface area contributed by atoms with Crippen molar-refractivity contribution in [1.29, 1.82) is 0 Å². The number of hydrogen-bond acceptors (Lipinski definition) is 9. The molecule has 41 heavy (non-hydrogen) atoms. The van der Waals surface area contributed by atoms with Gasteiger partial charge in [0.05, 0.1) is 31.9 Å². The molecule has 14 heteroatoms. The molecule has 0 aliphatic carbocycles. The zero-order valence-corrected chi connectivity index (χ0v) is 23.7. The molecule has 224 valence electrons. The van der Waals surface area contributed by atoms with Crippen molar-refractivity contribution in [3.63, 3.8) is 0 Å². The van der Waals surface area contributed by atoms with Crippen molar-refractivity contribution in [1.82, 2.24) is 4.90 Å². The van der Waals surface area contributed by atoms with E-state index >= 15 is 0 Å². The van der Waals surface area contributed by atoms with Crippen LogP contribution in [0.1, 0.15) is 31.9 Å². The average molecular weight is 601 g/mol. The maximum atomic E-state index is 14.2. The summed E-state index contributed by atoms with van der Waals surface area (Å²) in [6.45, 7) is 4.19. The number of esters is 1. The third-order valence-electron chi connectivity index (χ3n) is 5.19. The van der Waals surface area contributed by atoms with E-state index in [2.05, 4.69) is 4.99 Å². The molecule has 0 unspecified atom stereocenters. The Labute approximate surface area is 235 Å². The second-order valence-corrected chi connectivity index (χ2v) is 10.2. The Kier molecular flexibility index (Phi) is 13.5. The summed E-state index contributed by atoms with van der Waals surface area (Å²) in [5.74, 6) is -6.42. The Bertz CT molecular complexity index is 1280. The van der Waals surface area contributed by atoms with Gasteiger partial charge in [-0.1, -0.05) is 30.3 Å². The number of rotatable bonds is 15. The van der Waals surface area contributed by atoms with Crippen molar-refractivity contribution < 1.29 is 51.0 Å². The molecule has 0 saturated carbocycles. The van der Waals surface area contributed by atoms with Gasteiger partial charge in [0.15, 0.2) is 11.6 Å². The summed E-state index contributed by atoms with van der Waals surface area (Å²) in [6, 6.07) is 9.44. The molecular formula is C27H32F3N2O8P. The maximum Gasteiger partial charge on any atom is 0.410 e. The number of ether oxygens (including phenoxy) is 2. The van der Waals surface area contributed by atoms with E-state index in [9.17, 15) is 32.4 Å². The van der Waals surface area contributed by atoms with Gasteiger partial charge < -0.3 is 23.6 Å². The molecule has 0 spiro atoms. The van der Waals surface area contributed by atoms with Gasteiger partial charge in [-0.2, -0.15) is 0 Å². The van der Waals surface area contributed by atoms with E-state index in [0.717, 1.165) is 11.1 Å². The number of benzene rings is 2. The van der Waals surface area contributed by atoms with Crippen LogP contribution in [0.15, 0.2) is 53.0 Å². The van der Waals surface area contributed by atoms with E-state index in [4.69, 9.17) is 18.5 Å². The van der Waals surface area contributed by atoms with Gasteiger partial charge in [0.2, 0.25) is 0 Å². The SMILES string of the molecule is CCOC(=O)C(C=NCCN(CP(=O)(OCC)OCC)C(=O)OCc1ccccc1)=C(O)c1cc(F)c(F)cc1F. The minimum Gasteiger partial charge on any atom is -0.506 e. The van der Waals surface area contributed by atoms with Crippen LogP contribution in [0.25, 0.3) is 5.76 Å². The number of aliphatic imine (C=N–C) groups is 1. The predicted molar refractivity (Wildman–Crippen MR) is 145 cm³/mol. The van der Waals surface area contributed by atoms with Crippen molar-refractivity contribution in [3.05, 3.63) is 76.6 Å². The lowest BCUT2D eigenvalue weighted by molar-refractivity contribution is -0.137. The Hall–Kier alpha value is -3.67. The van der Waals surface area contributed by atoms with Crippen molar-refractivity contribution in [2.75, 3.05) is 39.2 Å². The lowest BCUT2D eigenvalue weighted by Crippen LogP contribution is -2.35. The van der Waals surface area contributed by atoms with Gasteiger partial charge in [-0.25, -0.2) is 22.8 Å². The number of halogens is 3. The number of aliphatic hydroxyl groups is 1. The highest BCUT2D eigenvalue weighted by atomic mass is 31.2. The summed E-state index contributed by atoms with van der Waals surface area (Å²) >= 11 is 0. The van der Waals surface area contributed by atoms with Crippen LogP contribution in [0.5, 0.6) is 0 Å². The van der Waals surface area contributed by atoms with Crippen molar-refractivity contribution in [3.8, 4) is 0 Å². The molecule has 0 aromatic heterocycles. The Morgan fingerprint density at radius 2 is 1.59 bits per heavy atom. The molecule has 0 saturated heterocycles. The number of carbonyl (C=O) groups is 2. The zero-order chi connectivity index (χ0) is 30.4. The summed E-state index contributed by atoms with van der Waals surface area (Å²) in [7, 11) is -3.75. The van der Waals surface area contributed by atoms with E-state index in [0.29, 0.717) is 11.6 Å². The standard InChI is InChI=1S/C27H32F3N2O8P/c1-4-37-26(34)21(25(33)20-14-23(29)24(30)15-22(20)28)16-31-12-13-32(18-41(36,39-5-2)40-6-3)27(35)38-17-19-10-8-7-9-11-19/h7-11,14-16,33H,4-6,12-13,17-18H2,1-3H3. The third kappa shape index (κ3) is 10.3. The van der Waals surface area contributed by atoms with Crippen LogP contribution in [0.3, 0.4) is 0 Å². The average Bonchev–Trinajstić information content (AvgIpc) is 2.93. The molecule has 1 N–H and O–H groups in total. The number of aliphatic hydroxyl groups excluding tert-OH is 1. The van der Waals surface area contributed by atoms with Crippen molar-refractivity contribution in [2.24, 2.45) is 4.99 Å². The number of carbonyl (C=O) groups excluding carboxylic acids is 2. The summed E-state index contributed by atoms with van der Waals surface area (Å²) < 4.78 is 75.2. The van der Waals surface area contributed by atoms with E-state index in [1.165, 1.54) is 6.92 Å². The fourth-order valence-corrected chi connectivity index (χ4v) is 5.05. The van der Waals surface area contributed by atoms with E-state index in [-0.39, 0.29) is 45.6 Å². The Balaban J connectivity index is 2.30. The molecular weight excluding hydrogens is 568 g/mol. The van der Waals surface area contributed by atoms with Crippen LogP contribution in [0.2, 0.25) is 0 Å². The quantitative estimate of drug-likeness (QED) is 0.0673. The highest BCUT2D eigenvalue weighted by molar-refractivity contribution is 7.53. The molecule has 0 radical (unpaired) electrons. The van der Waals surface area contributed by atoms with Gasteiger partial charge in [0.25, 0.3) is 0 Å². The minimum atomic E-state index is -3.75. The predicted octanol–water partition coefficient (Wildman–Crippen LogP) is 5.87. The highest BCUT2D eigenvalue weighted by Gasteiger charge is 2.30. The maximum absolute atomic E-state index is 14.2. The zero-order valence-electron chi connectivity index (χ0n) is 22.8. The molecule has 10 nitrogen and oxygen atoms in total. The first-order chi connectivity index (χ1) is 19.5. The summed E-state index contributed by atoms with van der Waals surface area (Å²) in [4.78, 5) is 30.4. The molecule has 2 aromatic rings. The molecule has 0 fully saturated rings. The normalized spacial score (nSPS) is 12.2. The van der Waals surface area contributed by atoms with Crippen molar-refractivity contribution in [2.45, 2.75) is 27.4 Å². The molecule has 2 rings (SSSR count). The Morgan fingerprint density at radius 1 is 0.951 bits per heavy atom. The minimum absolute atomic E-state index is 0.0514. The van der Waals surface area contributed by atoms with Crippen LogP contribution < -0.4 is 0 Å². The van der Waals surface area contributed by atoms with Gasteiger partial charge >= 0.3 is 19.7 Å². The third-order valence-corrected chi connectivity index (χ3v) is 7.18. The van der Waals surface area contributed by atoms with E-state index < -0.39 is 60.3 Å². The second kappa shape index (κ2) is 16.6. The summed E-state index contributed by atoms with van der Waals surface area (Å²) in [6.07, 6.45) is -0.479. The second-order valence-electron chi connectivity index (χ2n) is 8.16. The first-order valence-corrected chi connectivity index (χ1v) is 14.4. The Morgan fingerprint density at radius 3 is 2.20 bits per heavy atom. The monoisotopic (exact) mass is 600 g/mol. The molecule has 0 bridgehead atoms. The van der Waals surface area contributed by atoms with Gasteiger partial charge in [-0.15, -0.1) is 0 Å². The first-order valence-electron chi connectivity index (χ1n) is 12.6. The highest BCUT2D eigenvalue weighted by Crippen LogP contribution is 2.48. The van der Waals surface area contributed by atoms with Crippen LogP contribution in [-0.2, 0) is 34.5 Å². The van der Waals surface area contributed by atoms with Crippen LogP contribution >= 0.6 is 7.60 Å². The fraction of sp³-hybridized carbons (Fsp3) is 0.370. The van der Waals surface area contributed by atoms with E-state index in [1.54, 1.807) is 44.2 Å². The fourth-order valence-electron chi connectivity index (χ4n) is 3.35. The lowest BCUT2D eigenvalue weighted by atomic mass is 10.1. The van der Waals surface area contributed by atoms with Gasteiger partial charge in [-0.05, 0) is 32.4 Å². The van der Waals surface area contributed by atoms with Crippen LogP contribution in [-0.4, -0.2) is 67.5 Å². The molecule has 0 aliphatic rings. The number of hydrogen-bond donors (Lipinski definition) is 1. The summed E-state index contributed by atoms with van der Waals surface area (Å²) in [5.41, 5.74) is -0.732. The van der Waals surface area contributed by atoms with E-state index in [1.807, 2.05) is 0 Å². The van der Waals surface area contributed by atoms with Crippen molar-refractivity contribution >= 4 is 31.6 Å². The summed E-state index contributed by atoms with van der Waals surface area (Å²) in [5, 5.41) is 10.5. The van der Waals surface area contributed by atoms with Gasteiger partial charge in [-0.3, -0.25) is 14.5 Å². The lowest BCUT2D eigenvalue weighted by Gasteiger charge is -2.26. The van der Waals surface area contributed by atoms with Crippen LogP contribution in [0.4, 0.5) is 18.0 Å². The molecule has 0 aliphatic heterocycles. The molecule has 2 aromatic carbocycles. The smallest absolute Gasteiger partial charge is 0.410 e. The van der Waals surface area contributed by atoms with Gasteiger partial charge in [0.1, 0.15) is 30.0 Å². The number of amides is 1. The first kappa shape index (κ1) is 33.5. The topological polar surface area (TPSA) is 124 Å².